The average Bonchev–Trinajstić information content (AvgIpc) is 3.29. The van der Waals surface area contributed by atoms with Crippen molar-refractivity contribution in [1.29, 1.82) is 0 Å². The predicted octanol–water partition coefficient (Wildman–Crippen LogP) is 5.34. The monoisotopic (exact) mass is 435 g/mol. The molecule has 7 nitrogen and oxygen atoms in total. The zero-order valence-electron chi connectivity index (χ0n) is 16.6. The minimum Gasteiger partial charge on any atom is -0.493 e. The van der Waals surface area contributed by atoms with Crippen LogP contribution in [0.3, 0.4) is 0 Å². The van der Waals surface area contributed by atoms with Gasteiger partial charge in [0, 0.05) is 11.5 Å². The SMILES string of the molecule is COc1cc2c(Nc3c(Cl)ccc4c3OCO4)ncnc2cc1OCc1ccccc1. The molecule has 0 radical (unpaired) electrons. The van der Waals surface area contributed by atoms with Crippen LogP contribution in [0, 0.1) is 0 Å². The minimum absolute atomic E-state index is 0.144. The first kappa shape index (κ1) is 19.3. The van der Waals surface area contributed by atoms with Crippen molar-refractivity contribution >= 4 is 34.0 Å². The lowest BCUT2D eigenvalue weighted by Gasteiger charge is -2.15. The second-order valence-corrected chi connectivity index (χ2v) is 7.21. The van der Waals surface area contributed by atoms with Crippen LogP contribution >= 0.6 is 11.6 Å². The molecule has 4 aromatic rings. The highest BCUT2D eigenvalue weighted by molar-refractivity contribution is 6.34. The molecule has 0 unspecified atom stereocenters. The van der Waals surface area contributed by atoms with Crippen LogP contribution in [0.15, 0.2) is 60.9 Å². The lowest BCUT2D eigenvalue weighted by atomic mass is 10.2. The lowest BCUT2D eigenvalue weighted by molar-refractivity contribution is 0.174. The number of methoxy groups -OCH3 is 1. The summed E-state index contributed by atoms with van der Waals surface area (Å²) in [6.45, 7) is 0.562. The van der Waals surface area contributed by atoms with E-state index in [0.717, 1.165) is 10.9 Å². The van der Waals surface area contributed by atoms with Crippen molar-refractivity contribution in [2.45, 2.75) is 6.61 Å². The van der Waals surface area contributed by atoms with Gasteiger partial charge in [0.2, 0.25) is 6.79 Å². The first-order valence-electron chi connectivity index (χ1n) is 9.57. The quantitative estimate of drug-likeness (QED) is 0.438. The number of aromatic nitrogens is 2. The van der Waals surface area contributed by atoms with E-state index in [1.165, 1.54) is 6.33 Å². The number of halogens is 1. The Morgan fingerprint density at radius 2 is 1.90 bits per heavy atom. The third-order valence-corrected chi connectivity index (χ3v) is 5.20. The van der Waals surface area contributed by atoms with Crippen LogP contribution in [0.2, 0.25) is 5.02 Å². The van der Waals surface area contributed by atoms with E-state index in [9.17, 15) is 0 Å². The lowest BCUT2D eigenvalue weighted by Crippen LogP contribution is -2.01. The highest BCUT2D eigenvalue weighted by Crippen LogP contribution is 2.45. The predicted molar refractivity (Wildman–Crippen MR) is 118 cm³/mol. The van der Waals surface area contributed by atoms with Gasteiger partial charge in [0.15, 0.2) is 23.0 Å². The standard InChI is InChI=1S/C23H18ClN3O4/c1-28-19-9-15-17(10-20(19)29-11-14-5-3-2-4-6-14)25-12-26-23(15)27-21-16(24)7-8-18-22(21)31-13-30-18/h2-10,12H,11,13H2,1H3,(H,25,26,27). The van der Waals surface area contributed by atoms with Gasteiger partial charge in [0.1, 0.15) is 24.4 Å². The zero-order chi connectivity index (χ0) is 21.2. The average molecular weight is 436 g/mol. The van der Waals surface area contributed by atoms with Crippen molar-refractivity contribution < 1.29 is 18.9 Å². The molecular formula is C23H18ClN3O4. The van der Waals surface area contributed by atoms with Crippen molar-refractivity contribution in [3.05, 3.63) is 71.5 Å². The van der Waals surface area contributed by atoms with Gasteiger partial charge in [-0.2, -0.15) is 0 Å². The van der Waals surface area contributed by atoms with Gasteiger partial charge in [-0.15, -0.1) is 0 Å². The van der Waals surface area contributed by atoms with E-state index in [1.54, 1.807) is 19.2 Å². The van der Waals surface area contributed by atoms with Gasteiger partial charge in [-0.25, -0.2) is 9.97 Å². The Bertz CT molecular complexity index is 1250. The molecule has 0 atom stereocenters. The fourth-order valence-corrected chi connectivity index (χ4v) is 3.55. The topological polar surface area (TPSA) is 74.7 Å². The molecule has 5 rings (SSSR count). The number of ether oxygens (including phenoxy) is 4. The Balaban J connectivity index is 1.50. The molecule has 1 aliphatic heterocycles. The third kappa shape index (κ3) is 3.75. The zero-order valence-corrected chi connectivity index (χ0v) is 17.3. The summed E-state index contributed by atoms with van der Waals surface area (Å²) in [4.78, 5) is 8.79. The number of rotatable bonds is 6. The summed E-state index contributed by atoms with van der Waals surface area (Å²) in [5.74, 6) is 2.90. The molecule has 0 fully saturated rings. The summed E-state index contributed by atoms with van der Waals surface area (Å²) in [5, 5.41) is 4.50. The minimum atomic E-state index is 0.144. The first-order valence-corrected chi connectivity index (χ1v) is 9.95. The number of benzene rings is 3. The summed E-state index contributed by atoms with van der Waals surface area (Å²) in [5.41, 5.74) is 2.34. The molecule has 0 spiro atoms. The van der Waals surface area contributed by atoms with E-state index in [4.69, 9.17) is 30.5 Å². The van der Waals surface area contributed by atoms with Gasteiger partial charge < -0.3 is 24.3 Å². The Hall–Kier alpha value is -3.71. The van der Waals surface area contributed by atoms with Gasteiger partial charge >= 0.3 is 0 Å². The van der Waals surface area contributed by atoms with Crippen LogP contribution in [0.25, 0.3) is 10.9 Å². The number of fused-ring (bicyclic) bond motifs is 2. The van der Waals surface area contributed by atoms with E-state index in [2.05, 4.69) is 15.3 Å². The van der Waals surface area contributed by atoms with Crippen LogP contribution in [-0.4, -0.2) is 23.9 Å². The fraction of sp³-hybridized carbons (Fsp3) is 0.130. The molecule has 8 heteroatoms. The van der Waals surface area contributed by atoms with Crippen molar-refractivity contribution in [2.24, 2.45) is 0 Å². The number of hydrogen-bond donors (Lipinski definition) is 1. The molecule has 1 aliphatic rings. The summed E-state index contributed by atoms with van der Waals surface area (Å²) < 4.78 is 22.6. The Labute approximate surface area is 183 Å². The van der Waals surface area contributed by atoms with Crippen molar-refractivity contribution in [1.82, 2.24) is 9.97 Å². The van der Waals surface area contributed by atoms with E-state index in [0.29, 0.717) is 51.6 Å². The number of nitrogens with one attached hydrogen (secondary N) is 1. The van der Waals surface area contributed by atoms with Gasteiger partial charge in [-0.3, -0.25) is 0 Å². The summed E-state index contributed by atoms with van der Waals surface area (Å²) in [6.07, 6.45) is 1.48. The maximum atomic E-state index is 6.41. The van der Waals surface area contributed by atoms with Crippen molar-refractivity contribution in [3.8, 4) is 23.0 Å². The second-order valence-electron chi connectivity index (χ2n) is 6.80. The van der Waals surface area contributed by atoms with Crippen LogP contribution < -0.4 is 24.3 Å². The molecule has 1 N–H and O–H groups in total. The molecular weight excluding hydrogens is 418 g/mol. The van der Waals surface area contributed by atoms with Crippen LogP contribution in [0.4, 0.5) is 11.5 Å². The molecule has 3 aromatic carbocycles. The molecule has 0 aliphatic carbocycles. The number of hydrogen-bond acceptors (Lipinski definition) is 7. The smallest absolute Gasteiger partial charge is 0.231 e. The maximum Gasteiger partial charge on any atom is 0.231 e. The molecule has 2 heterocycles. The Kier molecular flexibility index (Phi) is 5.09. The molecule has 0 saturated carbocycles. The Morgan fingerprint density at radius 1 is 1.03 bits per heavy atom. The number of nitrogens with zero attached hydrogens (tertiary/aromatic N) is 2. The second kappa shape index (κ2) is 8.20. The van der Waals surface area contributed by atoms with E-state index < -0.39 is 0 Å². The first-order chi connectivity index (χ1) is 15.2. The van der Waals surface area contributed by atoms with E-state index >= 15 is 0 Å². The van der Waals surface area contributed by atoms with Gasteiger partial charge in [0.05, 0.1) is 17.6 Å². The van der Waals surface area contributed by atoms with Gasteiger partial charge in [0.25, 0.3) is 0 Å². The molecule has 0 saturated heterocycles. The summed E-state index contributed by atoms with van der Waals surface area (Å²) in [6, 6.07) is 17.1. The molecule has 0 amide bonds. The maximum absolute atomic E-state index is 6.41. The van der Waals surface area contributed by atoms with E-state index in [-0.39, 0.29) is 6.79 Å². The van der Waals surface area contributed by atoms with Gasteiger partial charge in [-0.05, 0) is 23.8 Å². The number of anilines is 2. The van der Waals surface area contributed by atoms with Crippen molar-refractivity contribution in [2.75, 3.05) is 19.2 Å². The molecule has 31 heavy (non-hydrogen) atoms. The third-order valence-electron chi connectivity index (χ3n) is 4.89. The Morgan fingerprint density at radius 3 is 2.74 bits per heavy atom. The van der Waals surface area contributed by atoms with Crippen molar-refractivity contribution in [3.63, 3.8) is 0 Å². The highest BCUT2D eigenvalue weighted by atomic mass is 35.5. The van der Waals surface area contributed by atoms with Crippen LogP contribution in [0.1, 0.15) is 5.56 Å². The normalized spacial score (nSPS) is 12.1. The van der Waals surface area contributed by atoms with Crippen LogP contribution in [-0.2, 0) is 6.61 Å². The van der Waals surface area contributed by atoms with E-state index in [1.807, 2.05) is 42.5 Å². The molecule has 1 aromatic heterocycles. The van der Waals surface area contributed by atoms with Crippen LogP contribution in [0.5, 0.6) is 23.0 Å². The molecule has 156 valence electrons. The summed E-state index contributed by atoms with van der Waals surface area (Å²) in [7, 11) is 1.60. The van der Waals surface area contributed by atoms with Gasteiger partial charge in [-0.1, -0.05) is 41.9 Å². The highest BCUT2D eigenvalue weighted by Gasteiger charge is 2.22. The largest absolute Gasteiger partial charge is 0.493 e. The molecule has 0 bridgehead atoms. The fourth-order valence-electron chi connectivity index (χ4n) is 3.35. The summed E-state index contributed by atoms with van der Waals surface area (Å²) >= 11 is 6.41.